The first kappa shape index (κ1) is 88.3. The number of hydrogen-bond acceptors (Lipinski definition) is 26. The van der Waals surface area contributed by atoms with Crippen LogP contribution in [0.3, 0.4) is 0 Å². The van der Waals surface area contributed by atoms with Crippen LogP contribution in [0.2, 0.25) is 0 Å². The first-order chi connectivity index (χ1) is 47.3. The van der Waals surface area contributed by atoms with Crippen molar-refractivity contribution in [2.45, 2.75) is 148 Å². The Morgan fingerprint density at radius 1 is 0.476 bits per heavy atom. The smallest absolute Gasteiger partial charge is 0.333 e. The number of aromatic nitrogens is 12. The predicted molar refractivity (Wildman–Crippen MR) is 354 cm³/mol. The SMILES string of the molecule is CCC1OC(n2ccc(=O)[nH]c2=O)[C@@H](OC(C)=O)C1OC(C)=O.CCC1OC(n2ccc(=O)n(Cc3nn(C)c4ccccc34)c2=O)[C@@H](OC(C)=O)C1OC(C)=O.CO.Cn1nc(CO)c2ccccc21.Cn1nc(Cn2c(=O)ccn(C3OC(CO)C(O)[C@@H]3O)c2=O)c2ccccc21.N.[Y].[Y].[Y]. The van der Waals surface area contributed by atoms with E-state index in [1.807, 2.05) is 93.7 Å². The fourth-order valence-corrected chi connectivity index (χ4v) is 11.8. The standard InChI is InChI=1S/C23H26N4O7.C18H20N4O6.C14H18N2O7.C9H10N2O.CH4O.H3N.3Y/c1-5-18-20(32-13(2)28)21(33-14(3)29)22(34-18)26-11-10-19(30)27(23(26)31)12-16-15-8-6-7-9-17(15)25(4)24-16;1-20-12-5-3-2-4-10(12)11(19-20)8-22-14(24)6-7-21(18(22)27)17-16(26)15(25)13(9-23)28-17;1-4-9-11(21-7(2)17)12(22-8(3)18)13(23-9)16-6-5-10(19)15-14(16)20;1-11-9-5-3-2-4-7(9)8(6-12)10-11;1-2;;;;/h6-11,18,20-22H,5,12H2,1-4H3;2-7,13,15-17,23,25-26H,8-9H2,1H3;5-6,9,11-13H,4H2,1-3H3,(H,15,19,20);2-5,12H,6H2,1H3;2H,1H3;1H3;;;/t18?,20?,21-,22?;13?,15?,16-,17?;9?,11?,12-,13?;;;;;;/m000....../s1. The second-order valence-electron chi connectivity index (χ2n) is 22.8. The fourth-order valence-electron chi connectivity index (χ4n) is 11.8. The fraction of sp³-hybridized carbons (Fsp3) is 0.431. The molecule has 6 aromatic heterocycles. The Bertz CT molecular complexity index is 4760. The summed E-state index contributed by atoms with van der Waals surface area (Å²) in [4.78, 5) is 123. The zero-order valence-corrected chi connectivity index (χ0v) is 66.6. The number of nitrogens with one attached hydrogen (secondary N) is 1. The molecule has 3 aliphatic rings. The van der Waals surface area contributed by atoms with E-state index in [2.05, 4.69) is 20.3 Å². The van der Waals surface area contributed by atoms with Gasteiger partial charge in [-0.1, -0.05) is 68.4 Å². The molecular formula is C65H81N13O22Y3. The van der Waals surface area contributed by atoms with Crippen LogP contribution in [0.5, 0.6) is 0 Å². The second-order valence-corrected chi connectivity index (χ2v) is 22.8. The van der Waals surface area contributed by atoms with E-state index in [1.54, 1.807) is 28.1 Å². The number of fused-ring (bicyclic) bond motifs is 3. The number of rotatable bonds is 15. The Morgan fingerprint density at radius 2 is 0.816 bits per heavy atom. The summed E-state index contributed by atoms with van der Waals surface area (Å²) < 4.78 is 48.9. The number of para-hydroxylation sites is 3. The molecule has 12 atom stereocenters. The van der Waals surface area contributed by atoms with Crippen LogP contribution in [0.4, 0.5) is 0 Å². The predicted octanol–water partition coefficient (Wildman–Crippen LogP) is 0.208. The molecule has 3 aliphatic heterocycles. The molecule has 0 aliphatic carbocycles. The number of benzene rings is 3. The van der Waals surface area contributed by atoms with Crippen molar-refractivity contribution in [3.63, 3.8) is 0 Å². The monoisotopic (exact) mass is 1660 g/mol. The summed E-state index contributed by atoms with van der Waals surface area (Å²) in [6, 6.07) is 26.4. The van der Waals surface area contributed by atoms with Gasteiger partial charge in [0.25, 0.3) is 16.7 Å². The molecule has 0 bridgehead atoms. The zero-order chi connectivity index (χ0) is 72.3. The van der Waals surface area contributed by atoms with Gasteiger partial charge in [0.15, 0.2) is 43.1 Å². The van der Waals surface area contributed by atoms with Gasteiger partial charge < -0.3 is 64.8 Å². The van der Waals surface area contributed by atoms with Crippen molar-refractivity contribution in [2.24, 2.45) is 21.1 Å². The molecule has 9 N–H and O–H groups in total. The molecule has 3 fully saturated rings. The third kappa shape index (κ3) is 20.3. The summed E-state index contributed by atoms with van der Waals surface area (Å²) in [7, 11) is 6.44. The maximum absolute atomic E-state index is 13.4. The second kappa shape index (κ2) is 39.9. The van der Waals surface area contributed by atoms with Crippen molar-refractivity contribution in [3.8, 4) is 0 Å². The van der Waals surface area contributed by atoms with Crippen LogP contribution in [-0.4, -0.2) is 175 Å². The summed E-state index contributed by atoms with van der Waals surface area (Å²) in [5.41, 5.74) is 0.962. The van der Waals surface area contributed by atoms with Crippen LogP contribution in [0.15, 0.2) is 138 Å². The number of ether oxygens (including phenoxy) is 7. The van der Waals surface area contributed by atoms with Crippen molar-refractivity contribution in [1.82, 2.24) is 63.3 Å². The van der Waals surface area contributed by atoms with Gasteiger partial charge in [-0.25, -0.2) is 14.4 Å². The van der Waals surface area contributed by atoms with Crippen LogP contribution in [0, 0.1) is 0 Å². The minimum atomic E-state index is -1.42. The molecule has 103 heavy (non-hydrogen) atoms. The molecule has 0 saturated carbocycles. The Hall–Kier alpha value is -7.06. The Balaban J connectivity index is 0.000000297. The maximum Gasteiger partial charge on any atom is 0.333 e. The van der Waals surface area contributed by atoms with E-state index in [0.29, 0.717) is 24.2 Å². The third-order valence-electron chi connectivity index (χ3n) is 16.2. The van der Waals surface area contributed by atoms with Gasteiger partial charge in [0.1, 0.15) is 30.5 Å². The Kier molecular flexibility index (Phi) is 34.2. The van der Waals surface area contributed by atoms with E-state index in [9.17, 15) is 63.3 Å². The van der Waals surface area contributed by atoms with Crippen molar-refractivity contribution in [1.29, 1.82) is 0 Å². The van der Waals surface area contributed by atoms with Gasteiger partial charge in [0.05, 0.1) is 59.9 Å². The summed E-state index contributed by atoms with van der Waals surface area (Å²) in [5, 5.41) is 61.0. The molecular weight excluding hydrogens is 1580 g/mol. The number of carbonyl (C=O) groups excluding carboxylic acids is 4. The molecule has 9 heterocycles. The summed E-state index contributed by atoms with van der Waals surface area (Å²) in [5.74, 6) is -2.34. The molecule has 0 spiro atoms. The molecule has 12 rings (SSSR count). The summed E-state index contributed by atoms with van der Waals surface area (Å²) in [6.45, 7) is 7.90. The van der Waals surface area contributed by atoms with Crippen LogP contribution >= 0.6 is 0 Å². The molecule has 38 heteroatoms. The number of aliphatic hydroxyl groups is 5. The Morgan fingerprint density at radius 3 is 1.17 bits per heavy atom. The summed E-state index contributed by atoms with van der Waals surface area (Å²) >= 11 is 0. The van der Waals surface area contributed by atoms with E-state index in [1.165, 1.54) is 63.0 Å². The number of H-pyrrole nitrogens is 1. The number of aromatic amines is 1. The number of carbonyl (C=O) groups is 4. The molecule has 35 nitrogen and oxygen atoms in total. The average molecular weight is 1660 g/mol. The number of nitrogens with zero attached hydrogens (tertiary/aromatic N) is 11. The van der Waals surface area contributed by atoms with Gasteiger partial charge in [0, 0.05) is 207 Å². The number of hydrogen-bond donors (Lipinski definition) is 7. The van der Waals surface area contributed by atoms with Gasteiger partial charge in [-0.2, -0.15) is 15.3 Å². The van der Waals surface area contributed by atoms with Crippen LogP contribution in [0.1, 0.15) is 90.1 Å². The molecule has 547 valence electrons. The van der Waals surface area contributed by atoms with Gasteiger partial charge >= 0.3 is 40.9 Å². The van der Waals surface area contributed by atoms with Crippen molar-refractivity contribution >= 4 is 56.6 Å². The number of esters is 4. The van der Waals surface area contributed by atoms with Crippen LogP contribution < -0.4 is 39.9 Å². The topological polar surface area (TPSA) is 465 Å². The molecule has 0 amide bonds. The van der Waals surface area contributed by atoms with Gasteiger partial charge in [-0.3, -0.25) is 75.4 Å². The van der Waals surface area contributed by atoms with Crippen molar-refractivity contribution < 1.29 is 176 Å². The first-order valence-corrected chi connectivity index (χ1v) is 31.1. The number of aryl methyl sites for hydroxylation is 3. The average Bonchev–Trinajstić information content (AvgIpc) is 1.68. The van der Waals surface area contributed by atoms with E-state index < -0.39 is 138 Å². The zero-order valence-electron chi connectivity index (χ0n) is 58.1. The van der Waals surface area contributed by atoms with Crippen molar-refractivity contribution in [2.75, 3.05) is 13.7 Å². The van der Waals surface area contributed by atoms with Crippen LogP contribution in [0.25, 0.3) is 32.7 Å². The van der Waals surface area contributed by atoms with Gasteiger partial charge in [0.2, 0.25) is 0 Å². The Labute approximate surface area is 661 Å². The molecule has 3 saturated heterocycles. The molecule has 3 aromatic carbocycles. The van der Waals surface area contributed by atoms with Gasteiger partial charge in [-0.05, 0) is 31.0 Å². The van der Waals surface area contributed by atoms with E-state index in [-0.39, 0.29) is 124 Å². The number of aliphatic hydroxyl groups excluding tert-OH is 5. The van der Waals surface area contributed by atoms with Gasteiger partial charge in [-0.15, -0.1) is 0 Å². The minimum Gasteiger partial charge on any atom is -0.456 e. The normalized spacial score (nSPS) is 21.3. The van der Waals surface area contributed by atoms with E-state index >= 15 is 0 Å². The molecule has 9 unspecified atom stereocenters. The van der Waals surface area contributed by atoms with Crippen molar-refractivity contribution in [3.05, 3.63) is 189 Å². The summed E-state index contributed by atoms with van der Waals surface area (Å²) in [6.07, 6.45) is -7.38. The quantitative estimate of drug-likeness (QED) is 0.0533. The molecule has 9 aromatic rings. The first-order valence-electron chi connectivity index (χ1n) is 31.1. The largest absolute Gasteiger partial charge is 0.456 e. The van der Waals surface area contributed by atoms with E-state index in [0.717, 1.165) is 69.8 Å². The molecule has 3 radical (unpaired) electrons. The van der Waals surface area contributed by atoms with E-state index in [4.69, 9.17) is 43.4 Å². The minimum absolute atomic E-state index is 0. The third-order valence-corrected chi connectivity index (χ3v) is 16.2. The van der Waals surface area contributed by atoms with Crippen LogP contribution in [-0.2, 0) is 191 Å². The maximum atomic E-state index is 13.4.